The van der Waals surface area contributed by atoms with E-state index in [1.165, 1.54) is 31.3 Å². The van der Waals surface area contributed by atoms with Gasteiger partial charge in [-0.05, 0) is 24.6 Å². The van der Waals surface area contributed by atoms with E-state index < -0.39 is 0 Å². The monoisotopic (exact) mass is 276 g/mol. The second kappa shape index (κ2) is 4.39. The van der Waals surface area contributed by atoms with Crippen molar-refractivity contribution in [2.45, 2.75) is 6.92 Å². The lowest BCUT2D eigenvalue weighted by molar-refractivity contribution is 1.32. The number of aromatic nitrogens is 2. The van der Waals surface area contributed by atoms with Gasteiger partial charge < -0.3 is 0 Å². The Morgan fingerprint density at radius 3 is 2.70 bits per heavy atom. The predicted octanol–water partition coefficient (Wildman–Crippen LogP) is 4.82. The Bertz CT molecular complexity index is 910. The highest BCUT2D eigenvalue weighted by atomic mass is 32.1. The number of rotatable bonds is 1. The molecule has 0 spiro atoms. The molecule has 0 fully saturated rings. The van der Waals surface area contributed by atoms with Crippen molar-refractivity contribution >= 4 is 31.5 Å². The largest absolute Gasteiger partial charge is 0.264 e. The highest BCUT2D eigenvalue weighted by Gasteiger charge is 2.11. The lowest BCUT2D eigenvalue weighted by atomic mass is 10.1. The van der Waals surface area contributed by atoms with Crippen LogP contribution in [-0.2, 0) is 0 Å². The quantitative estimate of drug-likeness (QED) is 0.498. The van der Waals surface area contributed by atoms with E-state index in [1.54, 1.807) is 0 Å². The molecule has 4 rings (SSSR count). The summed E-state index contributed by atoms with van der Waals surface area (Å²) in [5.74, 6) is 0. The Labute approximate surface area is 120 Å². The van der Waals surface area contributed by atoms with Crippen LogP contribution in [0.1, 0.15) is 5.56 Å². The summed E-state index contributed by atoms with van der Waals surface area (Å²) in [6.07, 6.45) is 5.73. The Morgan fingerprint density at radius 2 is 1.85 bits per heavy atom. The molecule has 0 N–H and O–H groups in total. The van der Waals surface area contributed by atoms with Crippen molar-refractivity contribution in [2.75, 3.05) is 0 Å². The van der Waals surface area contributed by atoms with Crippen LogP contribution in [0.2, 0.25) is 0 Å². The number of fused-ring (bicyclic) bond motifs is 3. The lowest BCUT2D eigenvalue weighted by Crippen LogP contribution is -1.81. The second-order valence-corrected chi connectivity index (χ2v) is 5.85. The fourth-order valence-corrected chi connectivity index (χ4v) is 3.83. The molecule has 0 aliphatic heterocycles. The fourth-order valence-electron chi connectivity index (χ4n) is 2.57. The maximum Gasteiger partial charge on any atom is 0.0716 e. The fraction of sp³-hybridized carbons (Fsp3) is 0.0588. The van der Waals surface area contributed by atoms with Crippen LogP contribution in [0, 0.1) is 6.92 Å². The summed E-state index contributed by atoms with van der Waals surface area (Å²) in [5.41, 5.74) is 3.45. The average molecular weight is 276 g/mol. The van der Waals surface area contributed by atoms with E-state index in [0.717, 1.165) is 5.69 Å². The van der Waals surface area contributed by atoms with Gasteiger partial charge in [-0.25, -0.2) is 0 Å². The molecule has 96 valence electrons. The van der Waals surface area contributed by atoms with Crippen LogP contribution < -0.4 is 0 Å². The van der Waals surface area contributed by atoms with E-state index in [2.05, 4.69) is 41.2 Å². The number of nitrogens with zero attached hydrogens (tertiary/aromatic N) is 2. The SMILES string of the molecule is Cc1cncc2c1sc1c(-c3ccccn3)cccc12. The van der Waals surface area contributed by atoms with E-state index in [4.69, 9.17) is 0 Å². The van der Waals surface area contributed by atoms with Crippen LogP contribution in [0.5, 0.6) is 0 Å². The molecule has 3 aromatic heterocycles. The topological polar surface area (TPSA) is 25.8 Å². The first kappa shape index (κ1) is 11.6. The van der Waals surface area contributed by atoms with Crippen LogP contribution in [0.25, 0.3) is 31.4 Å². The molecule has 4 aromatic rings. The van der Waals surface area contributed by atoms with Gasteiger partial charge in [0, 0.05) is 44.3 Å². The van der Waals surface area contributed by atoms with Gasteiger partial charge in [-0.2, -0.15) is 0 Å². The highest BCUT2D eigenvalue weighted by molar-refractivity contribution is 7.26. The molecule has 3 heteroatoms. The Balaban J connectivity index is 2.14. The Kier molecular flexibility index (Phi) is 2.54. The van der Waals surface area contributed by atoms with Gasteiger partial charge in [0.05, 0.1) is 5.69 Å². The summed E-state index contributed by atoms with van der Waals surface area (Å²) in [6.45, 7) is 2.12. The van der Waals surface area contributed by atoms with Gasteiger partial charge in [-0.3, -0.25) is 9.97 Å². The molecule has 0 bridgehead atoms. The molecule has 0 unspecified atom stereocenters. The van der Waals surface area contributed by atoms with Crippen molar-refractivity contribution in [3.8, 4) is 11.3 Å². The van der Waals surface area contributed by atoms with E-state index in [-0.39, 0.29) is 0 Å². The van der Waals surface area contributed by atoms with Crippen LogP contribution in [0.15, 0.2) is 55.0 Å². The maximum absolute atomic E-state index is 4.48. The highest BCUT2D eigenvalue weighted by Crippen LogP contribution is 2.39. The van der Waals surface area contributed by atoms with Crippen molar-refractivity contribution in [3.05, 3.63) is 60.6 Å². The first-order valence-electron chi connectivity index (χ1n) is 6.52. The van der Waals surface area contributed by atoms with E-state index in [1.807, 2.05) is 42.1 Å². The van der Waals surface area contributed by atoms with Crippen LogP contribution in [0.4, 0.5) is 0 Å². The maximum atomic E-state index is 4.48. The zero-order chi connectivity index (χ0) is 13.5. The first-order valence-corrected chi connectivity index (χ1v) is 7.33. The standard InChI is InChI=1S/C17H12N2S/c1-11-9-18-10-14-12-5-4-6-13(17(12)20-16(11)14)15-7-2-3-8-19-15/h2-10H,1H3. The molecular weight excluding hydrogens is 264 g/mol. The zero-order valence-corrected chi connectivity index (χ0v) is 11.8. The van der Waals surface area contributed by atoms with Gasteiger partial charge in [-0.1, -0.05) is 24.3 Å². The normalized spacial score (nSPS) is 11.2. The molecule has 0 amide bonds. The minimum Gasteiger partial charge on any atom is -0.264 e. The molecule has 20 heavy (non-hydrogen) atoms. The van der Waals surface area contributed by atoms with Gasteiger partial charge in [-0.15, -0.1) is 11.3 Å². The summed E-state index contributed by atoms with van der Waals surface area (Å²) in [4.78, 5) is 8.81. The minimum atomic E-state index is 1.02. The smallest absolute Gasteiger partial charge is 0.0716 e. The summed E-state index contributed by atoms with van der Waals surface area (Å²) in [6, 6.07) is 12.4. The molecular formula is C17H12N2S. The molecule has 1 aromatic carbocycles. The number of aryl methyl sites for hydroxylation is 1. The molecule has 0 radical (unpaired) electrons. The minimum absolute atomic E-state index is 1.02. The van der Waals surface area contributed by atoms with E-state index in [0.29, 0.717) is 0 Å². The van der Waals surface area contributed by atoms with Crippen LogP contribution in [-0.4, -0.2) is 9.97 Å². The molecule has 0 aliphatic rings. The Morgan fingerprint density at radius 1 is 0.900 bits per heavy atom. The predicted molar refractivity (Wildman–Crippen MR) is 85.1 cm³/mol. The van der Waals surface area contributed by atoms with Crippen molar-refractivity contribution < 1.29 is 0 Å². The number of benzene rings is 1. The molecule has 3 heterocycles. The van der Waals surface area contributed by atoms with Crippen LogP contribution >= 0.6 is 11.3 Å². The number of hydrogen-bond donors (Lipinski definition) is 0. The summed E-state index contributed by atoms with van der Waals surface area (Å²) in [5, 5.41) is 2.51. The number of hydrogen-bond acceptors (Lipinski definition) is 3. The lowest BCUT2D eigenvalue weighted by Gasteiger charge is -2.01. The summed E-state index contributed by atoms with van der Waals surface area (Å²) >= 11 is 1.83. The molecule has 0 saturated carbocycles. The first-order chi connectivity index (χ1) is 9.84. The van der Waals surface area contributed by atoms with Crippen molar-refractivity contribution in [1.82, 2.24) is 9.97 Å². The van der Waals surface area contributed by atoms with Crippen LogP contribution in [0.3, 0.4) is 0 Å². The summed E-state index contributed by atoms with van der Waals surface area (Å²) < 4.78 is 2.61. The number of thiophene rings is 1. The van der Waals surface area contributed by atoms with E-state index in [9.17, 15) is 0 Å². The van der Waals surface area contributed by atoms with Gasteiger partial charge in [0.25, 0.3) is 0 Å². The molecule has 0 aliphatic carbocycles. The van der Waals surface area contributed by atoms with E-state index >= 15 is 0 Å². The van der Waals surface area contributed by atoms with Crippen molar-refractivity contribution in [1.29, 1.82) is 0 Å². The van der Waals surface area contributed by atoms with Gasteiger partial charge >= 0.3 is 0 Å². The average Bonchev–Trinajstić information content (AvgIpc) is 2.88. The zero-order valence-electron chi connectivity index (χ0n) is 11.0. The third-order valence-electron chi connectivity index (χ3n) is 3.52. The summed E-state index contributed by atoms with van der Waals surface area (Å²) in [7, 11) is 0. The van der Waals surface area contributed by atoms with Gasteiger partial charge in [0.15, 0.2) is 0 Å². The number of pyridine rings is 2. The molecule has 0 saturated heterocycles. The van der Waals surface area contributed by atoms with Crippen molar-refractivity contribution in [2.24, 2.45) is 0 Å². The molecule has 2 nitrogen and oxygen atoms in total. The van der Waals surface area contributed by atoms with Gasteiger partial charge in [0.2, 0.25) is 0 Å². The second-order valence-electron chi connectivity index (χ2n) is 4.83. The van der Waals surface area contributed by atoms with Crippen molar-refractivity contribution in [3.63, 3.8) is 0 Å². The Hall–Kier alpha value is -2.26. The third-order valence-corrected chi connectivity index (χ3v) is 4.91. The van der Waals surface area contributed by atoms with Gasteiger partial charge in [0.1, 0.15) is 0 Å². The third kappa shape index (κ3) is 1.63. The molecule has 0 atom stereocenters.